The number of aryl methyl sites for hydroxylation is 1. The maximum Gasteiger partial charge on any atom is 0.203 e. The van der Waals surface area contributed by atoms with Crippen molar-refractivity contribution in [3.8, 4) is 0 Å². The van der Waals surface area contributed by atoms with Crippen molar-refractivity contribution >= 4 is 5.95 Å². The molecule has 0 aliphatic heterocycles. The van der Waals surface area contributed by atoms with E-state index in [1.807, 2.05) is 12.4 Å². The molecule has 1 N–H and O–H groups in total. The number of nitrogens with one attached hydrogen (secondary N) is 1. The van der Waals surface area contributed by atoms with Crippen LogP contribution in [0.15, 0.2) is 42.7 Å². The number of aromatic nitrogens is 2. The first kappa shape index (κ1) is 14.6. The number of anilines is 1. The van der Waals surface area contributed by atoms with Crippen LogP contribution >= 0.6 is 0 Å². The SMILES string of the molecule is COCCNc1nccn1C(C)CCc1ccccc1. The predicted molar refractivity (Wildman–Crippen MR) is 82.1 cm³/mol. The lowest BCUT2D eigenvalue weighted by molar-refractivity contribution is 0.210. The molecule has 0 saturated heterocycles. The molecule has 1 aromatic carbocycles. The molecule has 1 aromatic heterocycles. The van der Waals surface area contributed by atoms with Gasteiger partial charge in [0.15, 0.2) is 0 Å². The van der Waals surface area contributed by atoms with E-state index in [0.29, 0.717) is 12.6 Å². The van der Waals surface area contributed by atoms with Crippen LogP contribution in [0.2, 0.25) is 0 Å². The van der Waals surface area contributed by atoms with E-state index in [1.54, 1.807) is 7.11 Å². The summed E-state index contributed by atoms with van der Waals surface area (Å²) >= 11 is 0. The molecule has 0 saturated carbocycles. The Morgan fingerprint density at radius 1 is 1.30 bits per heavy atom. The van der Waals surface area contributed by atoms with Crippen molar-refractivity contribution in [2.24, 2.45) is 0 Å². The average molecular weight is 273 g/mol. The molecule has 4 heteroatoms. The van der Waals surface area contributed by atoms with E-state index in [-0.39, 0.29) is 0 Å². The highest BCUT2D eigenvalue weighted by molar-refractivity contribution is 5.26. The Labute approximate surface area is 120 Å². The summed E-state index contributed by atoms with van der Waals surface area (Å²) in [5, 5.41) is 3.30. The van der Waals surface area contributed by atoms with Gasteiger partial charge in [-0.2, -0.15) is 0 Å². The van der Waals surface area contributed by atoms with Crippen molar-refractivity contribution < 1.29 is 4.74 Å². The summed E-state index contributed by atoms with van der Waals surface area (Å²) < 4.78 is 7.24. The van der Waals surface area contributed by atoms with Crippen molar-refractivity contribution in [1.82, 2.24) is 9.55 Å². The van der Waals surface area contributed by atoms with E-state index in [2.05, 4.69) is 52.1 Å². The summed E-state index contributed by atoms with van der Waals surface area (Å²) in [6.45, 7) is 3.69. The molecule has 1 heterocycles. The molecule has 1 unspecified atom stereocenters. The molecule has 0 spiro atoms. The van der Waals surface area contributed by atoms with Crippen molar-refractivity contribution in [2.75, 3.05) is 25.6 Å². The Morgan fingerprint density at radius 2 is 2.10 bits per heavy atom. The second-order valence-corrected chi connectivity index (χ2v) is 4.95. The third-order valence-corrected chi connectivity index (χ3v) is 3.43. The third-order valence-electron chi connectivity index (χ3n) is 3.43. The summed E-state index contributed by atoms with van der Waals surface area (Å²) in [6.07, 6.45) is 6.05. The van der Waals surface area contributed by atoms with Gasteiger partial charge in [-0.15, -0.1) is 0 Å². The molecule has 108 valence electrons. The monoisotopic (exact) mass is 273 g/mol. The predicted octanol–water partition coefficient (Wildman–Crippen LogP) is 3.14. The van der Waals surface area contributed by atoms with Crippen LogP contribution in [-0.2, 0) is 11.2 Å². The third kappa shape index (κ3) is 4.10. The zero-order valence-corrected chi connectivity index (χ0v) is 12.2. The first-order chi connectivity index (χ1) is 9.81. The van der Waals surface area contributed by atoms with Gasteiger partial charge in [0.1, 0.15) is 0 Å². The van der Waals surface area contributed by atoms with E-state index in [9.17, 15) is 0 Å². The highest BCUT2D eigenvalue weighted by atomic mass is 16.5. The van der Waals surface area contributed by atoms with Crippen molar-refractivity contribution in [2.45, 2.75) is 25.8 Å². The minimum atomic E-state index is 0.419. The smallest absolute Gasteiger partial charge is 0.203 e. The van der Waals surface area contributed by atoms with Crippen LogP contribution in [0, 0.1) is 0 Å². The van der Waals surface area contributed by atoms with Crippen LogP contribution in [0.4, 0.5) is 5.95 Å². The first-order valence-electron chi connectivity index (χ1n) is 7.11. The number of nitrogens with zero attached hydrogens (tertiary/aromatic N) is 2. The summed E-state index contributed by atoms with van der Waals surface area (Å²) in [6, 6.07) is 11.0. The van der Waals surface area contributed by atoms with Crippen LogP contribution < -0.4 is 5.32 Å². The molecule has 0 aliphatic rings. The molecule has 0 aliphatic carbocycles. The van der Waals surface area contributed by atoms with Gasteiger partial charge in [-0.3, -0.25) is 0 Å². The second kappa shape index (κ2) is 7.70. The molecule has 2 rings (SSSR count). The lowest BCUT2D eigenvalue weighted by Crippen LogP contribution is -2.14. The van der Waals surface area contributed by atoms with E-state index in [0.717, 1.165) is 25.3 Å². The molecule has 1 atom stereocenters. The molecule has 20 heavy (non-hydrogen) atoms. The fourth-order valence-corrected chi connectivity index (χ4v) is 2.23. The summed E-state index contributed by atoms with van der Waals surface area (Å²) in [5.74, 6) is 0.919. The van der Waals surface area contributed by atoms with E-state index >= 15 is 0 Å². The fourth-order valence-electron chi connectivity index (χ4n) is 2.23. The van der Waals surface area contributed by atoms with Gasteiger partial charge in [-0.1, -0.05) is 30.3 Å². The molecule has 0 amide bonds. The standard InChI is InChI=1S/C16H23N3O/c1-14(8-9-15-6-4-3-5-7-15)19-12-10-17-16(19)18-11-13-20-2/h3-7,10,12,14H,8-9,11,13H2,1-2H3,(H,17,18). The largest absolute Gasteiger partial charge is 0.383 e. The van der Waals surface area contributed by atoms with Crippen LogP contribution in [0.3, 0.4) is 0 Å². The highest BCUT2D eigenvalue weighted by Gasteiger charge is 2.09. The number of ether oxygens (including phenoxy) is 1. The van der Waals surface area contributed by atoms with Gasteiger partial charge in [0.2, 0.25) is 5.95 Å². The van der Waals surface area contributed by atoms with E-state index < -0.39 is 0 Å². The van der Waals surface area contributed by atoms with Gasteiger partial charge in [0.25, 0.3) is 0 Å². The van der Waals surface area contributed by atoms with Gasteiger partial charge in [0, 0.05) is 32.1 Å². The highest BCUT2D eigenvalue weighted by Crippen LogP contribution is 2.18. The van der Waals surface area contributed by atoms with Gasteiger partial charge < -0.3 is 14.6 Å². The summed E-state index contributed by atoms with van der Waals surface area (Å²) in [5.41, 5.74) is 1.38. The zero-order valence-electron chi connectivity index (χ0n) is 12.2. The van der Waals surface area contributed by atoms with Gasteiger partial charge in [0.05, 0.1) is 6.61 Å². The molecule has 2 aromatic rings. The summed E-state index contributed by atoms with van der Waals surface area (Å²) in [7, 11) is 1.71. The van der Waals surface area contributed by atoms with Crippen molar-refractivity contribution in [3.05, 3.63) is 48.3 Å². The van der Waals surface area contributed by atoms with Gasteiger partial charge in [-0.05, 0) is 25.3 Å². The van der Waals surface area contributed by atoms with Crippen molar-refractivity contribution in [1.29, 1.82) is 0 Å². The number of hydrogen-bond acceptors (Lipinski definition) is 3. The Balaban J connectivity index is 1.89. The Hall–Kier alpha value is -1.81. The number of benzene rings is 1. The Kier molecular flexibility index (Phi) is 5.62. The minimum absolute atomic E-state index is 0.419. The second-order valence-electron chi connectivity index (χ2n) is 4.95. The fraction of sp³-hybridized carbons (Fsp3) is 0.438. The van der Waals surface area contributed by atoms with Gasteiger partial charge >= 0.3 is 0 Å². The van der Waals surface area contributed by atoms with Crippen LogP contribution in [-0.4, -0.2) is 29.8 Å². The molecular formula is C16H23N3O. The Bertz CT molecular complexity index is 495. The number of methoxy groups -OCH3 is 1. The molecule has 0 fully saturated rings. The number of hydrogen-bond donors (Lipinski definition) is 1. The maximum atomic E-state index is 5.05. The van der Waals surface area contributed by atoms with Crippen LogP contribution in [0.5, 0.6) is 0 Å². The van der Waals surface area contributed by atoms with Gasteiger partial charge in [-0.25, -0.2) is 4.98 Å². The lowest BCUT2D eigenvalue weighted by atomic mass is 10.1. The molecule has 4 nitrogen and oxygen atoms in total. The molecule has 0 bridgehead atoms. The Morgan fingerprint density at radius 3 is 2.85 bits per heavy atom. The molecular weight excluding hydrogens is 250 g/mol. The lowest BCUT2D eigenvalue weighted by Gasteiger charge is -2.17. The maximum absolute atomic E-state index is 5.05. The minimum Gasteiger partial charge on any atom is -0.383 e. The van der Waals surface area contributed by atoms with Crippen LogP contribution in [0.1, 0.15) is 24.9 Å². The van der Waals surface area contributed by atoms with Crippen LogP contribution in [0.25, 0.3) is 0 Å². The van der Waals surface area contributed by atoms with Crippen molar-refractivity contribution in [3.63, 3.8) is 0 Å². The van der Waals surface area contributed by atoms with E-state index in [4.69, 9.17) is 4.74 Å². The number of imidazole rings is 1. The first-order valence-corrected chi connectivity index (χ1v) is 7.11. The summed E-state index contributed by atoms with van der Waals surface area (Å²) in [4.78, 5) is 4.36. The zero-order chi connectivity index (χ0) is 14.2. The normalized spacial score (nSPS) is 12.3. The average Bonchev–Trinajstić information content (AvgIpc) is 2.95. The molecule has 0 radical (unpaired) electrons. The van der Waals surface area contributed by atoms with E-state index in [1.165, 1.54) is 5.56 Å². The quantitative estimate of drug-likeness (QED) is 0.751. The topological polar surface area (TPSA) is 39.1 Å². The number of rotatable bonds is 8.